The largest absolute Gasteiger partial charge is 0.506 e. The number of benzene rings is 2. The van der Waals surface area contributed by atoms with E-state index in [1.807, 2.05) is 31.2 Å². The zero-order valence-corrected chi connectivity index (χ0v) is 16.4. The minimum absolute atomic E-state index is 0.0143. The van der Waals surface area contributed by atoms with Gasteiger partial charge in [0.1, 0.15) is 5.75 Å². The van der Waals surface area contributed by atoms with Gasteiger partial charge in [0.15, 0.2) is 5.43 Å². The molecule has 1 aromatic heterocycles. The smallest absolute Gasteiger partial charge is 0.198 e. The second-order valence-electron chi connectivity index (χ2n) is 6.53. The molecule has 0 atom stereocenters. The summed E-state index contributed by atoms with van der Waals surface area (Å²) in [5.74, 6) is 0.150. The Bertz CT molecular complexity index is 977. The van der Waals surface area contributed by atoms with Crippen molar-refractivity contribution in [2.75, 3.05) is 31.5 Å². The van der Waals surface area contributed by atoms with E-state index < -0.39 is 0 Å². The molecule has 0 aliphatic carbocycles. The van der Waals surface area contributed by atoms with E-state index in [1.54, 1.807) is 17.4 Å². The highest BCUT2D eigenvalue weighted by molar-refractivity contribution is 7.24. The minimum Gasteiger partial charge on any atom is -0.506 e. The van der Waals surface area contributed by atoms with E-state index in [4.69, 9.17) is 0 Å². The Morgan fingerprint density at radius 2 is 1.92 bits per heavy atom. The topological polar surface area (TPSA) is 52.6 Å². The van der Waals surface area contributed by atoms with Crippen molar-refractivity contribution in [2.45, 2.75) is 27.2 Å². The Morgan fingerprint density at radius 3 is 2.65 bits per heavy atom. The molecule has 138 valence electrons. The Kier molecular flexibility index (Phi) is 5.79. The first-order chi connectivity index (χ1) is 12.6. The van der Waals surface area contributed by atoms with Gasteiger partial charge in [-0.05, 0) is 56.7 Å². The number of anilines is 1. The van der Waals surface area contributed by atoms with Crippen LogP contribution in [0.15, 0.2) is 35.1 Å². The van der Waals surface area contributed by atoms with Gasteiger partial charge < -0.3 is 15.3 Å². The molecule has 3 rings (SSSR count). The number of aryl methyl sites for hydroxylation is 1. The van der Waals surface area contributed by atoms with Gasteiger partial charge in [0.2, 0.25) is 0 Å². The number of nitrogens with zero attached hydrogens (tertiary/aromatic N) is 1. The molecule has 0 amide bonds. The fourth-order valence-corrected chi connectivity index (χ4v) is 4.51. The van der Waals surface area contributed by atoms with Crippen molar-refractivity contribution in [3.05, 3.63) is 46.1 Å². The normalized spacial score (nSPS) is 11.5. The van der Waals surface area contributed by atoms with Crippen molar-refractivity contribution in [1.29, 1.82) is 0 Å². The first kappa shape index (κ1) is 18.7. The summed E-state index contributed by atoms with van der Waals surface area (Å²) >= 11 is 1.61. The molecule has 0 fully saturated rings. The van der Waals surface area contributed by atoms with Crippen LogP contribution in [0.4, 0.5) is 5.69 Å². The number of hydrogen-bond acceptors (Lipinski definition) is 5. The number of nitrogens with one attached hydrogen (secondary N) is 1. The van der Waals surface area contributed by atoms with Crippen LogP contribution in [0.3, 0.4) is 0 Å². The third-order valence-electron chi connectivity index (χ3n) is 4.86. The summed E-state index contributed by atoms with van der Waals surface area (Å²) in [6.45, 7) is 10.1. The van der Waals surface area contributed by atoms with E-state index in [0.717, 1.165) is 47.6 Å². The van der Waals surface area contributed by atoms with Crippen LogP contribution in [0.25, 0.3) is 20.2 Å². The van der Waals surface area contributed by atoms with E-state index in [0.29, 0.717) is 16.5 Å². The summed E-state index contributed by atoms with van der Waals surface area (Å²) in [5.41, 5.74) is 1.48. The molecule has 1 heterocycles. The van der Waals surface area contributed by atoms with E-state index in [9.17, 15) is 9.90 Å². The third kappa shape index (κ3) is 3.55. The van der Waals surface area contributed by atoms with Crippen molar-refractivity contribution in [2.24, 2.45) is 0 Å². The lowest BCUT2D eigenvalue weighted by Gasteiger charge is -2.18. The highest BCUT2D eigenvalue weighted by Crippen LogP contribution is 2.37. The van der Waals surface area contributed by atoms with Gasteiger partial charge in [-0.1, -0.05) is 26.0 Å². The Balaban J connectivity index is 1.99. The van der Waals surface area contributed by atoms with Gasteiger partial charge in [-0.15, -0.1) is 11.3 Å². The monoisotopic (exact) mass is 370 g/mol. The average Bonchev–Trinajstić information content (AvgIpc) is 2.64. The molecule has 0 aliphatic heterocycles. The van der Waals surface area contributed by atoms with Gasteiger partial charge in [-0.3, -0.25) is 4.79 Å². The molecule has 2 N–H and O–H groups in total. The number of aromatic hydroxyl groups is 1. The first-order valence-electron chi connectivity index (χ1n) is 9.21. The highest BCUT2D eigenvalue weighted by atomic mass is 32.1. The quantitative estimate of drug-likeness (QED) is 0.363. The second-order valence-corrected chi connectivity index (χ2v) is 7.58. The first-order valence-corrected chi connectivity index (χ1v) is 10.0. The van der Waals surface area contributed by atoms with E-state index in [2.05, 4.69) is 24.1 Å². The standard InChI is InChI=1S/C21H26N2O2S/c1-4-23(5-2)12-8-11-22-19-16(24)13-14(3)21-18(19)20(25)15-9-6-7-10-17(15)26-21/h6-7,9-10,13,22,24H,4-5,8,11-12H2,1-3H3. The van der Waals surface area contributed by atoms with Gasteiger partial charge in [-0.25, -0.2) is 0 Å². The second kappa shape index (κ2) is 8.06. The van der Waals surface area contributed by atoms with Crippen LogP contribution in [0, 0.1) is 6.92 Å². The van der Waals surface area contributed by atoms with E-state index >= 15 is 0 Å². The maximum Gasteiger partial charge on any atom is 0.198 e. The fraction of sp³-hybridized carbons (Fsp3) is 0.381. The maximum absolute atomic E-state index is 13.1. The average molecular weight is 371 g/mol. The number of fused-ring (bicyclic) bond motifs is 2. The minimum atomic E-state index is -0.0143. The molecule has 0 radical (unpaired) electrons. The Morgan fingerprint density at radius 1 is 1.19 bits per heavy atom. The maximum atomic E-state index is 13.1. The SMILES string of the molecule is CCN(CC)CCCNc1c(O)cc(C)c2sc3ccccc3c(=O)c12. The number of phenolic OH excluding ortho intramolecular Hbond substituents is 1. The molecule has 0 saturated heterocycles. The van der Waals surface area contributed by atoms with Crippen LogP contribution in [-0.4, -0.2) is 36.2 Å². The number of phenols is 1. The molecule has 5 heteroatoms. The third-order valence-corrected chi connectivity index (χ3v) is 6.17. The van der Waals surface area contributed by atoms with Crippen LogP contribution in [-0.2, 0) is 0 Å². The van der Waals surface area contributed by atoms with Gasteiger partial charge >= 0.3 is 0 Å². The summed E-state index contributed by atoms with van der Waals surface area (Å²) in [6, 6.07) is 9.42. The molecular formula is C21H26N2O2S. The molecule has 0 unspecified atom stereocenters. The van der Waals surface area contributed by atoms with Crippen LogP contribution < -0.4 is 10.7 Å². The number of hydrogen-bond donors (Lipinski definition) is 2. The van der Waals surface area contributed by atoms with Gasteiger partial charge in [0.05, 0.1) is 11.1 Å². The summed E-state index contributed by atoms with van der Waals surface area (Å²) in [4.78, 5) is 15.5. The predicted octanol–water partition coefficient (Wildman–Crippen LogP) is 4.57. The molecule has 2 aromatic carbocycles. The van der Waals surface area contributed by atoms with Gasteiger partial charge in [-0.2, -0.15) is 0 Å². The van der Waals surface area contributed by atoms with Gasteiger partial charge in [0, 0.05) is 21.3 Å². The lowest BCUT2D eigenvalue weighted by molar-refractivity contribution is 0.303. The molecule has 0 bridgehead atoms. The summed E-state index contributed by atoms with van der Waals surface area (Å²) in [7, 11) is 0. The summed E-state index contributed by atoms with van der Waals surface area (Å²) < 4.78 is 1.92. The van der Waals surface area contributed by atoms with E-state index in [1.165, 1.54) is 0 Å². The number of rotatable bonds is 7. The highest BCUT2D eigenvalue weighted by Gasteiger charge is 2.15. The van der Waals surface area contributed by atoms with Crippen molar-refractivity contribution in [1.82, 2.24) is 4.90 Å². The lowest BCUT2D eigenvalue weighted by atomic mass is 10.1. The Labute approximate surface area is 158 Å². The van der Waals surface area contributed by atoms with Crippen LogP contribution in [0.2, 0.25) is 0 Å². The van der Waals surface area contributed by atoms with Crippen molar-refractivity contribution in [3.8, 4) is 5.75 Å². The van der Waals surface area contributed by atoms with Crippen LogP contribution >= 0.6 is 11.3 Å². The molecule has 0 spiro atoms. The van der Waals surface area contributed by atoms with Gasteiger partial charge in [0.25, 0.3) is 0 Å². The molecule has 4 nitrogen and oxygen atoms in total. The molecular weight excluding hydrogens is 344 g/mol. The van der Waals surface area contributed by atoms with Crippen molar-refractivity contribution < 1.29 is 5.11 Å². The van der Waals surface area contributed by atoms with Crippen molar-refractivity contribution >= 4 is 37.2 Å². The molecule has 26 heavy (non-hydrogen) atoms. The van der Waals surface area contributed by atoms with E-state index in [-0.39, 0.29) is 11.2 Å². The summed E-state index contributed by atoms with van der Waals surface area (Å²) in [6.07, 6.45) is 0.960. The molecule has 0 saturated carbocycles. The predicted molar refractivity (Wildman–Crippen MR) is 113 cm³/mol. The van der Waals surface area contributed by atoms with Crippen LogP contribution in [0.1, 0.15) is 25.8 Å². The van der Waals surface area contributed by atoms with Crippen LogP contribution in [0.5, 0.6) is 5.75 Å². The Hall–Kier alpha value is -2.11. The lowest BCUT2D eigenvalue weighted by Crippen LogP contribution is -2.25. The zero-order valence-electron chi connectivity index (χ0n) is 15.6. The summed E-state index contributed by atoms with van der Waals surface area (Å²) in [5, 5.41) is 15.1. The fourth-order valence-electron chi connectivity index (χ4n) is 3.35. The molecule has 0 aliphatic rings. The van der Waals surface area contributed by atoms with Crippen molar-refractivity contribution in [3.63, 3.8) is 0 Å². The zero-order chi connectivity index (χ0) is 18.7. The molecule has 3 aromatic rings.